The Morgan fingerprint density at radius 2 is 1.73 bits per heavy atom. The van der Waals surface area contributed by atoms with Crippen LogP contribution in [0.4, 0.5) is 4.39 Å². The average Bonchev–Trinajstić information content (AvgIpc) is 3.24. The van der Waals surface area contributed by atoms with E-state index in [0.717, 1.165) is 5.56 Å². The fourth-order valence-electron chi connectivity index (χ4n) is 3.79. The molecule has 0 aliphatic heterocycles. The molecule has 0 unspecified atom stereocenters. The molecule has 0 saturated carbocycles. The first-order valence-corrected chi connectivity index (χ1v) is 10.7. The van der Waals surface area contributed by atoms with Gasteiger partial charge in [-0.15, -0.1) is 0 Å². The summed E-state index contributed by atoms with van der Waals surface area (Å²) in [5.74, 6) is -1.50. The minimum Gasteiger partial charge on any atom is -0.370 e. The topological polar surface area (TPSA) is 88.0 Å². The van der Waals surface area contributed by atoms with Crippen LogP contribution in [-0.2, 0) is 4.79 Å². The summed E-state index contributed by atoms with van der Waals surface area (Å²) in [5, 5.41) is 3.33. The van der Waals surface area contributed by atoms with Gasteiger partial charge in [0.25, 0.3) is 5.91 Å². The van der Waals surface area contributed by atoms with E-state index in [4.69, 9.17) is 17.3 Å². The number of carbonyl (C=O) groups is 2. The van der Waals surface area contributed by atoms with Gasteiger partial charge in [0.2, 0.25) is 5.91 Å². The van der Waals surface area contributed by atoms with Crippen molar-refractivity contribution in [1.29, 1.82) is 0 Å². The Morgan fingerprint density at radius 1 is 1.00 bits per heavy atom. The summed E-state index contributed by atoms with van der Waals surface area (Å²) >= 11 is 6.10. The fourth-order valence-corrected chi connectivity index (χ4v) is 3.99. The molecule has 0 aliphatic carbocycles. The second kappa shape index (κ2) is 9.71. The van der Waals surface area contributed by atoms with Crippen molar-refractivity contribution >= 4 is 23.4 Å². The van der Waals surface area contributed by atoms with Crippen molar-refractivity contribution in [2.75, 3.05) is 0 Å². The molecule has 4 rings (SSSR count). The maximum atomic E-state index is 14.8. The SMILES string of the molecule is NC(=O)C[C@H](NC(=O)c1c[nH]c(-c2ccccc2)c1-c1ccccc1F)c1cccc(Cl)c1. The standard InChI is InChI=1S/C26H21ClFN3O2/c27-18-10-6-9-17(13-18)22(14-23(29)32)31-26(33)20-15-30-25(16-7-2-1-3-8-16)24(20)19-11-4-5-12-21(19)28/h1-13,15,22,30H,14H2,(H2,29,32)(H,31,33)/t22-/m0/s1. The molecule has 2 amide bonds. The van der Waals surface area contributed by atoms with Crippen LogP contribution >= 0.6 is 11.6 Å². The first kappa shape index (κ1) is 22.3. The lowest BCUT2D eigenvalue weighted by molar-refractivity contribution is -0.118. The number of nitrogens with two attached hydrogens (primary N) is 1. The Hall–Kier alpha value is -3.90. The van der Waals surface area contributed by atoms with Crippen molar-refractivity contribution in [3.8, 4) is 22.4 Å². The molecule has 7 heteroatoms. The van der Waals surface area contributed by atoms with E-state index < -0.39 is 23.7 Å². The number of halogens is 2. The quantitative estimate of drug-likeness (QED) is 0.340. The van der Waals surface area contributed by atoms with E-state index in [1.165, 1.54) is 6.07 Å². The molecule has 1 aromatic heterocycles. The van der Waals surface area contributed by atoms with Gasteiger partial charge in [0.1, 0.15) is 5.82 Å². The van der Waals surface area contributed by atoms with E-state index in [-0.39, 0.29) is 17.5 Å². The van der Waals surface area contributed by atoms with Crippen molar-refractivity contribution in [3.63, 3.8) is 0 Å². The van der Waals surface area contributed by atoms with E-state index >= 15 is 0 Å². The number of carbonyl (C=O) groups excluding carboxylic acids is 2. The summed E-state index contributed by atoms with van der Waals surface area (Å²) in [6.45, 7) is 0. The predicted octanol–water partition coefficient (Wildman–Crippen LogP) is 5.49. The number of hydrogen-bond acceptors (Lipinski definition) is 2. The molecule has 0 saturated heterocycles. The number of primary amides is 1. The number of hydrogen-bond donors (Lipinski definition) is 3. The summed E-state index contributed by atoms with van der Waals surface area (Å²) in [6.07, 6.45) is 1.43. The first-order valence-electron chi connectivity index (χ1n) is 10.3. The Morgan fingerprint density at radius 3 is 2.42 bits per heavy atom. The van der Waals surface area contributed by atoms with Crippen LogP contribution in [0.15, 0.2) is 85.1 Å². The minimum atomic E-state index is -0.697. The summed E-state index contributed by atoms with van der Waals surface area (Å²) in [7, 11) is 0. The Kier molecular flexibility index (Phi) is 6.56. The zero-order valence-electron chi connectivity index (χ0n) is 17.5. The highest BCUT2D eigenvalue weighted by molar-refractivity contribution is 6.30. The molecule has 3 aromatic carbocycles. The normalized spacial score (nSPS) is 11.7. The van der Waals surface area contributed by atoms with Crippen molar-refractivity contribution in [2.45, 2.75) is 12.5 Å². The highest BCUT2D eigenvalue weighted by atomic mass is 35.5. The number of nitrogens with one attached hydrogen (secondary N) is 2. The van der Waals surface area contributed by atoms with Crippen LogP contribution in [0, 0.1) is 5.82 Å². The third kappa shape index (κ3) is 4.96. The van der Waals surface area contributed by atoms with Gasteiger partial charge < -0.3 is 16.0 Å². The highest BCUT2D eigenvalue weighted by Crippen LogP contribution is 2.36. The molecule has 0 fully saturated rings. The molecule has 5 nitrogen and oxygen atoms in total. The summed E-state index contributed by atoms with van der Waals surface area (Å²) < 4.78 is 14.8. The molecule has 0 spiro atoms. The number of benzene rings is 3. The van der Waals surface area contributed by atoms with Crippen LogP contribution in [0.3, 0.4) is 0 Å². The lowest BCUT2D eigenvalue weighted by atomic mass is 9.96. The first-order chi connectivity index (χ1) is 15.9. The molecule has 0 radical (unpaired) electrons. The van der Waals surface area contributed by atoms with Crippen LogP contribution in [0.2, 0.25) is 5.02 Å². The number of aromatic amines is 1. The maximum absolute atomic E-state index is 14.8. The maximum Gasteiger partial charge on any atom is 0.253 e. The van der Waals surface area contributed by atoms with Crippen LogP contribution < -0.4 is 11.1 Å². The Bertz CT molecular complexity index is 1300. The molecule has 4 N–H and O–H groups in total. The number of aromatic nitrogens is 1. The van der Waals surface area contributed by atoms with Crippen molar-refractivity contribution in [1.82, 2.24) is 10.3 Å². The molecule has 1 atom stereocenters. The number of rotatable bonds is 7. The second-order valence-corrected chi connectivity index (χ2v) is 7.99. The zero-order chi connectivity index (χ0) is 23.4. The van der Waals surface area contributed by atoms with Gasteiger partial charge in [0.15, 0.2) is 0 Å². The minimum absolute atomic E-state index is 0.114. The van der Waals surface area contributed by atoms with Gasteiger partial charge in [0.05, 0.1) is 23.7 Å². The summed E-state index contributed by atoms with van der Waals surface area (Å²) in [6, 6.07) is 21.8. The monoisotopic (exact) mass is 461 g/mol. The Balaban J connectivity index is 1.78. The summed E-state index contributed by atoms with van der Waals surface area (Å²) in [4.78, 5) is 28.2. The number of H-pyrrole nitrogens is 1. The molecule has 1 heterocycles. The van der Waals surface area contributed by atoms with E-state index in [1.54, 1.807) is 48.7 Å². The molecular weight excluding hydrogens is 441 g/mol. The van der Waals surface area contributed by atoms with Crippen LogP contribution in [0.5, 0.6) is 0 Å². The lowest BCUT2D eigenvalue weighted by Crippen LogP contribution is -2.32. The van der Waals surface area contributed by atoms with Gasteiger partial charge in [-0.25, -0.2) is 4.39 Å². The van der Waals surface area contributed by atoms with Gasteiger partial charge in [-0.05, 0) is 29.3 Å². The van der Waals surface area contributed by atoms with Crippen LogP contribution in [0.1, 0.15) is 28.4 Å². The lowest BCUT2D eigenvalue weighted by Gasteiger charge is -2.19. The van der Waals surface area contributed by atoms with Gasteiger partial charge in [-0.3, -0.25) is 9.59 Å². The van der Waals surface area contributed by atoms with E-state index in [9.17, 15) is 14.0 Å². The third-order valence-electron chi connectivity index (χ3n) is 5.29. The zero-order valence-corrected chi connectivity index (χ0v) is 18.3. The Labute approximate surface area is 195 Å². The second-order valence-electron chi connectivity index (χ2n) is 7.55. The molecule has 0 bridgehead atoms. The highest BCUT2D eigenvalue weighted by Gasteiger charge is 2.25. The van der Waals surface area contributed by atoms with E-state index in [2.05, 4.69) is 10.3 Å². The van der Waals surface area contributed by atoms with Crippen LogP contribution in [0.25, 0.3) is 22.4 Å². The predicted molar refractivity (Wildman–Crippen MR) is 127 cm³/mol. The smallest absolute Gasteiger partial charge is 0.253 e. The summed E-state index contributed by atoms with van der Waals surface area (Å²) in [5.41, 5.74) is 8.45. The van der Waals surface area contributed by atoms with Crippen molar-refractivity contribution in [3.05, 3.63) is 107 Å². The average molecular weight is 462 g/mol. The van der Waals surface area contributed by atoms with Gasteiger partial charge in [-0.2, -0.15) is 0 Å². The van der Waals surface area contributed by atoms with E-state index in [1.807, 2.05) is 30.3 Å². The van der Waals surface area contributed by atoms with E-state index in [0.29, 0.717) is 21.8 Å². The molecule has 0 aliphatic rings. The van der Waals surface area contributed by atoms with Gasteiger partial charge >= 0.3 is 0 Å². The van der Waals surface area contributed by atoms with Crippen LogP contribution in [-0.4, -0.2) is 16.8 Å². The van der Waals surface area contributed by atoms with Crippen molar-refractivity contribution in [2.24, 2.45) is 5.73 Å². The van der Waals surface area contributed by atoms with Gasteiger partial charge in [0, 0.05) is 22.3 Å². The number of amides is 2. The molecule has 4 aromatic rings. The van der Waals surface area contributed by atoms with Crippen molar-refractivity contribution < 1.29 is 14.0 Å². The van der Waals surface area contributed by atoms with Gasteiger partial charge in [-0.1, -0.05) is 72.3 Å². The largest absolute Gasteiger partial charge is 0.370 e. The molecular formula is C26H21ClFN3O2. The fraction of sp³-hybridized carbons (Fsp3) is 0.0769. The third-order valence-corrected chi connectivity index (χ3v) is 5.53. The molecule has 33 heavy (non-hydrogen) atoms. The molecule has 166 valence electrons.